The van der Waals surface area contributed by atoms with Crippen LogP contribution in [0.5, 0.6) is 23.0 Å². The molecule has 2 aromatic rings. The number of carbonyl (C=O) groups excluding carboxylic acids is 2. The number of hydrogen-bond acceptors (Lipinski definition) is 7. The van der Waals surface area contributed by atoms with Crippen molar-refractivity contribution in [3.05, 3.63) is 58.7 Å². The first-order valence-electron chi connectivity index (χ1n) is 13.8. The summed E-state index contributed by atoms with van der Waals surface area (Å²) in [5.41, 5.74) is 1.89. The van der Waals surface area contributed by atoms with Gasteiger partial charge in [-0.15, -0.1) is 0 Å². The van der Waals surface area contributed by atoms with Gasteiger partial charge in [0.2, 0.25) is 0 Å². The standard InChI is InChI=1S/C32H40O8/c1-6-10-24-27(14-12-22(21(3)33)30(24)37-5)38-18-8-9-19-39-28-15-13-23-26(34)20-32(4,17-16-29(35)36)40-31(23)25(28)11-7-2/h8-9,12-15H,6-7,10-11,16-20H2,1-5H3,(H,35,36)/b9-8-. The molecule has 3 rings (SSSR count). The summed E-state index contributed by atoms with van der Waals surface area (Å²) in [5.74, 6) is 1.36. The molecule has 1 N–H and O–H groups in total. The minimum Gasteiger partial charge on any atom is -0.496 e. The highest BCUT2D eigenvalue weighted by atomic mass is 16.5. The van der Waals surface area contributed by atoms with E-state index in [1.54, 1.807) is 32.2 Å². The number of ether oxygens (including phenoxy) is 4. The van der Waals surface area contributed by atoms with Crippen LogP contribution in [0.1, 0.15) is 91.6 Å². The zero-order valence-corrected chi connectivity index (χ0v) is 24.1. The van der Waals surface area contributed by atoms with Crippen LogP contribution in [-0.4, -0.2) is 48.6 Å². The molecule has 0 radical (unpaired) electrons. The Kier molecular flexibility index (Phi) is 10.8. The van der Waals surface area contributed by atoms with Gasteiger partial charge in [0.15, 0.2) is 11.6 Å². The van der Waals surface area contributed by atoms with Gasteiger partial charge >= 0.3 is 5.97 Å². The highest BCUT2D eigenvalue weighted by Crippen LogP contribution is 2.42. The number of Topliss-reactive ketones (excluding diaryl/α,β-unsaturated/α-hetero) is 2. The summed E-state index contributed by atoms with van der Waals surface area (Å²) < 4.78 is 23.9. The van der Waals surface area contributed by atoms with E-state index in [-0.39, 0.29) is 37.4 Å². The van der Waals surface area contributed by atoms with Crippen molar-refractivity contribution in [2.24, 2.45) is 0 Å². The molecule has 0 saturated carbocycles. The van der Waals surface area contributed by atoms with Gasteiger partial charge in [-0.3, -0.25) is 14.4 Å². The summed E-state index contributed by atoms with van der Waals surface area (Å²) in [6, 6.07) is 7.07. The lowest BCUT2D eigenvalue weighted by Gasteiger charge is -2.36. The minimum absolute atomic E-state index is 0.0505. The zero-order valence-electron chi connectivity index (χ0n) is 24.1. The lowest BCUT2D eigenvalue weighted by Crippen LogP contribution is -2.40. The third-order valence-electron chi connectivity index (χ3n) is 6.91. The van der Waals surface area contributed by atoms with Crippen LogP contribution in [-0.2, 0) is 17.6 Å². The molecule has 1 heterocycles. The van der Waals surface area contributed by atoms with Crippen molar-refractivity contribution in [1.82, 2.24) is 0 Å². The van der Waals surface area contributed by atoms with Crippen LogP contribution >= 0.6 is 0 Å². The number of carbonyl (C=O) groups is 3. The van der Waals surface area contributed by atoms with E-state index in [9.17, 15) is 14.4 Å². The zero-order chi connectivity index (χ0) is 29.3. The number of methoxy groups -OCH3 is 1. The van der Waals surface area contributed by atoms with E-state index in [0.29, 0.717) is 47.2 Å². The quantitative estimate of drug-likeness (QED) is 0.200. The number of ketones is 2. The van der Waals surface area contributed by atoms with Crippen molar-refractivity contribution in [3.63, 3.8) is 0 Å². The number of carboxylic acid groups (broad SMARTS) is 1. The first-order valence-corrected chi connectivity index (χ1v) is 13.8. The van der Waals surface area contributed by atoms with Gasteiger partial charge in [-0.25, -0.2) is 0 Å². The fraction of sp³-hybridized carbons (Fsp3) is 0.469. The van der Waals surface area contributed by atoms with Crippen molar-refractivity contribution in [2.75, 3.05) is 20.3 Å². The molecule has 216 valence electrons. The molecule has 8 heteroatoms. The molecule has 1 aliphatic rings. The topological polar surface area (TPSA) is 108 Å². The second-order valence-corrected chi connectivity index (χ2v) is 10.2. The van der Waals surface area contributed by atoms with Gasteiger partial charge in [0.05, 0.1) is 24.7 Å². The first kappa shape index (κ1) is 30.7. The molecular formula is C32H40O8. The number of fused-ring (bicyclic) bond motifs is 1. The Morgan fingerprint density at radius 2 is 1.60 bits per heavy atom. The highest BCUT2D eigenvalue weighted by Gasteiger charge is 2.38. The fourth-order valence-corrected chi connectivity index (χ4v) is 4.95. The van der Waals surface area contributed by atoms with Crippen molar-refractivity contribution in [2.45, 2.75) is 78.2 Å². The van der Waals surface area contributed by atoms with E-state index < -0.39 is 11.6 Å². The Morgan fingerprint density at radius 3 is 2.17 bits per heavy atom. The van der Waals surface area contributed by atoms with Gasteiger partial charge in [0.1, 0.15) is 41.8 Å². The second kappa shape index (κ2) is 14.0. The monoisotopic (exact) mass is 552 g/mol. The van der Waals surface area contributed by atoms with Crippen LogP contribution in [0.25, 0.3) is 0 Å². The van der Waals surface area contributed by atoms with Crippen LogP contribution in [0, 0.1) is 0 Å². The van der Waals surface area contributed by atoms with Crippen molar-refractivity contribution in [1.29, 1.82) is 0 Å². The van der Waals surface area contributed by atoms with Gasteiger partial charge in [0.25, 0.3) is 0 Å². The Bertz CT molecular complexity index is 1260. The van der Waals surface area contributed by atoms with E-state index in [2.05, 4.69) is 6.92 Å². The smallest absolute Gasteiger partial charge is 0.303 e. The summed E-state index contributed by atoms with van der Waals surface area (Å²) in [5, 5.41) is 9.12. The average Bonchev–Trinajstić information content (AvgIpc) is 2.91. The molecule has 2 aromatic carbocycles. The SMILES string of the molecule is CCCc1c(OC/C=C\COc2ccc3c(c2CCC)OC(C)(CCC(=O)O)CC3=O)ccc(C(C)=O)c1OC. The van der Waals surface area contributed by atoms with Crippen LogP contribution in [0.15, 0.2) is 36.4 Å². The summed E-state index contributed by atoms with van der Waals surface area (Å²) in [7, 11) is 1.56. The van der Waals surface area contributed by atoms with Crippen molar-refractivity contribution in [3.8, 4) is 23.0 Å². The largest absolute Gasteiger partial charge is 0.496 e. The van der Waals surface area contributed by atoms with Gasteiger partial charge in [-0.2, -0.15) is 0 Å². The molecule has 40 heavy (non-hydrogen) atoms. The Labute approximate surface area is 236 Å². The molecule has 8 nitrogen and oxygen atoms in total. The van der Waals surface area contributed by atoms with Crippen LogP contribution in [0.4, 0.5) is 0 Å². The van der Waals surface area contributed by atoms with Crippen LogP contribution in [0.3, 0.4) is 0 Å². The van der Waals surface area contributed by atoms with Gasteiger partial charge < -0.3 is 24.1 Å². The van der Waals surface area contributed by atoms with E-state index in [4.69, 9.17) is 24.1 Å². The molecule has 1 unspecified atom stereocenters. The summed E-state index contributed by atoms with van der Waals surface area (Å²) in [4.78, 5) is 36.0. The third-order valence-corrected chi connectivity index (χ3v) is 6.91. The average molecular weight is 553 g/mol. The lowest BCUT2D eigenvalue weighted by atomic mass is 9.86. The summed E-state index contributed by atoms with van der Waals surface area (Å²) >= 11 is 0. The fourth-order valence-electron chi connectivity index (χ4n) is 4.95. The molecule has 0 aliphatic carbocycles. The predicted octanol–water partition coefficient (Wildman–Crippen LogP) is 6.41. The molecule has 0 spiro atoms. The van der Waals surface area contributed by atoms with E-state index in [1.165, 1.54) is 6.92 Å². The lowest BCUT2D eigenvalue weighted by molar-refractivity contribution is -0.138. The van der Waals surface area contributed by atoms with Crippen molar-refractivity contribution < 1.29 is 38.4 Å². The number of rotatable bonds is 15. The predicted molar refractivity (Wildman–Crippen MR) is 152 cm³/mol. The normalized spacial score (nSPS) is 16.4. The molecule has 1 aliphatic heterocycles. The van der Waals surface area contributed by atoms with Crippen LogP contribution in [0.2, 0.25) is 0 Å². The maximum Gasteiger partial charge on any atom is 0.303 e. The molecular weight excluding hydrogens is 512 g/mol. The van der Waals surface area contributed by atoms with E-state index >= 15 is 0 Å². The minimum atomic E-state index is -0.918. The van der Waals surface area contributed by atoms with Crippen LogP contribution < -0.4 is 18.9 Å². The van der Waals surface area contributed by atoms with Gasteiger partial charge in [-0.1, -0.05) is 26.7 Å². The number of aliphatic carboxylic acids is 1. The highest BCUT2D eigenvalue weighted by molar-refractivity contribution is 6.01. The van der Waals surface area contributed by atoms with Gasteiger partial charge in [-0.05, 0) is 69.5 Å². The first-order chi connectivity index (χ1) is 19.1. The Balaban J connectivity index is 1.70. The maximum absolute atomic E-state index is 12.9. The number of carboxylic acids is 1. The van der Waals surface area contributed by atoms with E-state index in [0.717, 1.165) is 30.4 Å². The number of benzene rings is 2. The molecule has 0 saturated heterocycles. The Hall–Kier alpha value is -3.81. The maximum atomic E-state index is 12.9. The molecule has 0 amide bonds. The van der Waals surface area contributed by atoms with Gasteiger partial charge in [0, 0.05) is 17.5 Å². The Morgan fingerprint density at radius 1 is 1.00 bits per heavy atom. The second-order valence-electron chi connectivity index (χ2n) is 10.2. The summed E-state index contributed by atoms with van der Waals surface area (Å²) in [6.45, 7) is 8.02. The number of hydrogen-bond donors (Lipinski definition) is 1. The molecule has 0 fully saturated rings. The van der Waals surface area contributed by atoms with Crippen molar-refractivity contribution >= 4 is 17.5 Å². The molecule has 0 aromatic heterocycles. The van der Waals surface area contributed by atoms with E-state index in [1.807, 2.05) is 25.1 Å². The summed E-state index contributed by atoms with van der Waals surface area (Å²) in [6.07, 6.45) is 7.14. The molecule has 0 bridgehead atoms. The molecule has 1 atom stereocenters. The third kappa shape index (κ3) is 7.43.